The molecule has 5 rings (SSSR count). The maximum absolute atomic E-state index is 14.2. The molecule has 48 heavy (non-hydrogen) atoms. The van der Waals surface area contributed by atoms with Gasteiger partial charge in [0.1, 0.15) is 28.7 Å². The predicted molar refractivity (Wildman–Crippen MR) is 186 cm³/mol. The molecule has 2 amide bonds. The Balaban J connectivity index is 0.000000261. The van der Waals surface area contributed by atoms with Crippen LogP contribution in [0.3, 0.4) is 0 Å². The average molecular weight is 746 g/mol. The summed E-state index contributed by atoms with van der Waals surface area (Å²) in [4.78, 5) is 37.0. The van der Waals surface area contributed by atoms with Gasteiger partial charge in [-0.05, 0) is 91.5 Å². The first-order valence-electron chi connectivity index (χ1n) is 15.0. The number of hydrogen-bond acceptors (Lipinski definition) is 5. The van der Waals surface area contributed by atoms with Crippen molar-refractivity contribution >= 4 is 40.2 Å². The fourth-order valence-electron chi connectivity index (χ4n) is 4.73. The lowest BCUT2D eigenvalue weighted by Gasteiger charge is -2.26. The Labute approximate surface area is 293 Å². The van der Waals surface area contributed by atoms with E-state index < -0.39 is 0 Å². The lowest BCUT2D eigenvalue weighted by molar-refractivity contribution is 0.0677. The van der Waals surface area contributed by atoms with E-state index in [-0.39, 0.29) is 47.9 Å². The van der Waals surface area contributed by atoms with E-state index in [2.05, 4.69) is 31.0 Å². The number of rotatable bonds is 9. The molecule has 0 N–H and O–H groups in total. The van der Waals surface area contributed by atoms with Gasteiger partial charge in [-0.2, -0.15) is 5.10 Å². The van der Waals surface area contributed by atoms with Crippen molar-refractivity contribution in [2.45, 2.75) is 59.8 Å². The summed E-state index contributed by atoms with van der Waals surface area (Å²) in [5.41, 5.74) is 3.81. The van der Waals surface area contributed by atoms with E-state index in [1.165, 1.54) is 16.8 Å². The van der Waals surface area contributed by atoms with E-state index in [1.807, 2.05) is 48.7 Å². The highest BCUT2D eigenvalue weighted by Gasteiger charge is 2.23. The number of aryl methyl sites for hydroxylation is 3. The van der Waals surface area contributed by atoms with Crippen molar-refractivity contribution in [3.8, 4) is 5.69 Å². The maximum atomic E-state index is 14.2. The van der Waals surface area contributed by atoms with E-state index in [4.69, 9.17) is 0 Å². The summed E-state index contributed by atoms with van der Waals surface area (Å²) in [5.74, 6) is -0.956. The van der Waals surface area contributed by atoms with Gasteiger partial charge in [-0.1, -0.05) is 12.1 Å². The van der Waals surface area contributed by atoms with Gasteiger partial charge >= 0.3 is 0 Å². The second-order valence-corrected chi connectivity index (χ2v) is 12.8. The van der Waals surface area contributed by atoms with Crippen LogP contribution in [0, 0.1) is 18.6 Å². The summed E-state index contributed by atoms with van der Waals surface area (Å²) in [6.07, 6.45) is 10.0. The lowest BCUT2D eigenvalue weighted by Crippen LogP contribution is -2.36. The quantitative estimate of drug-likeness (QED) is 0.164. The minimum Gasteiger partial charge on any atom is -0.340 e. The molecule has 2 aromatic carbocycles. The molecular weight excluding hydrogens is 706 g/mol. The molecule has 0 aliphatic heterocycles. The molecule has 0 unspecified atom stereocenters. The zero-order valence-corrected chi connectivity index (χ0v) is 30.3. The van der Waals surface area contributed by atoms with Crippen molar-refractivity contribution in [2.24, 2.45) is 14.1 Å². The van der Waals surface area contributed by atoms with Crippen molar-refractivity contribution in [2.75, 3.05) is 0 Å². The van der Waals surface area contributed by atoms with Crippen LogP contribution in [0.2, 0.25) is 0 Å². The van der Waals surface area contributed by atoms with Crippen molar-refractivity contribution in [1.82, 2.24) is 38.7 Å². The lowest BCUT2D eigenvalue weighted by atomic mass is 10.1. The minimum absolute atomic E-state index is 0. The Kier molecular flexibility index (Phi) is 13.2. The first-order valence-corrected chi connectivity index (χ1v) is 15.8. The van der Waals surface area contributed by atoms with Gasteiger partial charge in [0, 0.05) is 57.9 Å². The number of benzene rings is 2. The SMILES string of the molecule is CC(C)N(Cc1ccc(F)c(Br)c1)C(=O)c1cn(C)cn1.Cc1cnn(-c2cc(CN(C(=O)c3cn(C)cn3)C(C)C)ccc2F)c1.Cl. The zero-order valence-electron chi connectivity index (χ0n) is 27.9. The Morgan fingerprint density at radius 1 is 0.792 bits per heavy atom. The van der Waals surface area contributed by atoms with Crippen LogP contribution in [-0.2, 0) is 27.2 Å². The first-order chi connectivity index (χ1) is 22.2. The molecule has 5 aromatic rings. The number of halogens is 4. The number of aromatic nitrogens is 6. The fourth-order valence-corrected chi connectivity index (χ4v) is 5.15. The number of amides is 2. The van der Waals surface area contributed by atoms with Gasteiger partial charge in [-0.25, -0.2) is 23.4 Å². The third kappa shape index (κ3) is 9.60. The smallest absolute Gasteiger partial charge is 0.274 e. The molecule has 256 valence electrons. The minimum atomic E-state index is -0.357. The molecule has 0 spiro atoms. The average Bonchev–Trinajstić information content (AvgIpc) is 3.78. The van der Waals surface area contributed by atoms with Gasteiger partial charge in [0.05, 0.1) is 23.3 Å². The predicted octanol–water partition coefficient (Wildman–Crippen LogP) is 6.90. The summed E-state index contributed by atoms with van der Waals surface area (Å²) < 4.78 is 32.9. The van der Waals surface area contributed by atoms with E-state index in [1.54, 1.807) is 80.6 Å². The number of carbonyl (C=O) groups excluding carboxylic acids is 2. The molecule has 0 saturated heterocycles. The summed E-state index contributed by atoms with van der Waals surface area (Å²) >= 11 is 3.16. The van der Waals surface area contributed by atoms with Crippen LogP contribution in [0.4, 0.5) is 8.78 Å². The molecular formula is C34H40BrClF2N8O2. The highest BCUT2D eigenvalue weighted by Crippen LogP contribution is 2.21. The Morgan fingerprint density at radius 3 is 1.67 bits per heavy atom. The maximum Gasteiger partial charge on any atom is 0.274 e. The normalized spacial score (nSPS) is 10.8. The highest BCUT2D eigenvalue weighted by molar-refractivity contribution is 9.10. The third-order valence-electron chi connectivity index (χ3n) is 7.28. The topological polar surface area (TPSA) is 94.1 Å². The Hall–Kier alpha value is -4.36. The number of hydrogen-bond donors (Lipinski definition) is 0. The molecule has 0 atom stereocenters. The van der Waals surface area contributed by atoms with Crippen molar-refractivity contribution in [3.05, 3.63) is 118 Å². The molecule has 14 heteroatoms. The molecule has 0 aliphatic rings. The van der Waals surface area contributed by atoms with Crippen LogP contribution in [-0.4, -0.2) is 62.6 Å². The molecule has 3 aromatic heterocycles. The van der Waals surface area contributed by atoms with Crippen LogP contribution in [0.25, 0.3) is 5.69 Å². The van der Waals surface area contributed by atoms with Crippen molar-refractivity contribution < 1.29 is 18.4 Å². The van der Waals surface area contributed by atoms with Gasteiger partial charge in [-0.3, -0.25) is 9.59 Å². The fraction of sp³-hybridized carbons (Fsp3) is 0.324. The zero-order chi connectivity index (χ0) is 34.4. The van der Waals surface area contributed by atoms with Crippen LogP contribution in [0.5, 0.6) is 0 Å². The van der Waals surface area contributed by atoms with E-state index in [0.29, 0.717) is 34.6 Å². The van der Waals surface area contributed by atoms with E-state index in [9.17, 15) is 18.4 Å². The molecule has 0 fully saturated rings. The second-order valence-electron chi connectivity index (χ2n) is 11.9. The molecule has 0 aliphatic carbocycles. The summed E-state index contributed by atoms with van der Waals surface area (Å²) in [6.45, 7) is 10.5. The van der Waals surface area contributed by atoms with Crippen LogP contribution in [0.15, 0.2) is 78.3 Å². The van der Waals surface area contributed by atoms with Crippen molar-refractivity contribution in [1.29, 1.82) is 0 Å². The molecule has 10 nitrogen and oxygen atoms in total. The van der Waals surface area contributed by atoms with E-state index >= 15 is 0 Å². The number of nitrogens with zero attached hydrogens (tertiary/aromatic N) is 8. The van der Waals surface area contributed by atoms with Gasteiger partial charge < -0.3 is 18.9 Å². The highest BCUT2D eigenvalue weighted by atomic mass is 79.9. The standard InChI is InChI=1S/C19H22FN5O.C15H17BrFN3O.ClH/c1-13(2)24(19(26)17-11-23(4)12-21-17)10-15-5-6-16(20)18(7-15)25-9-14(3)8-22-25;1-10(2)20(15(21)14-8-19(3)9-18-14)7-11-4-5-13(17)12(16)6-11;/h5-9,11-13H,10H2,1-4H3;4-6,8-10H,7H2,1-3H3;1H. The van der Waals surface area contributed by atoms with Gasteiger partial charge in [0.25, 0.3) is 11.8 Å². The molecule has 0 saturated carbocycles. The Morgan fingerprint density at radius 2 is 1.27 bits per heavy atom. The summed E-state index contributed by atoms with van der Waals surface area (Å²) in [5, 5.41) is 4.17. The van der Waals surface area contributed by atoms with E-state index in [0.717, 1.165) is 16.7 Å². The van der Waals surface area contributed by atoms with Crippen LogP contribution >= 0.6 is 28.3 Å². The monoisotopic (exact) mass is 744 g/mol. The van der Waals surface area contributed by atoms with Gasteiger partial charge in [0.15, 0.2) is 0 Å². The largest absolute Gasteiger partial charge is 0.340 e. The summed E-state index contributed by atoms with van der Waals surface area (Å²) in [7, 11) is 3.64. The Bertz CT molecular complexity index is 1850. The van der Waals surface area contributed by atoms with Crippen LogP contribution < -0.4 is 0 Å². The molecule has 0 bridgehead atoms. The molecule has 0 radical (unpaired) electrons. The summed E-state index contributed by atoms with van der Waals surface area (Å²) in [6, 6.07) is 9.58. The van der Waals surface area contributed by atoms with Crippen LogP contribution in [0.1, 0.15) is 65.4 Å². The third-order valence-corrected chi connectivity index (χ3v) is 7.88. The first kappa shape index (κ1) is 38.1. The number of carbonyl (C=O) groups is 2. The van der Waals surface area contributed by atoms with Gasteiger partial charge in [0.2, 0.25) is 0 Å². The second kappa shape index (κ2) is 16.6. The number of imidazole rings is 2. The van der Waals surface area contributed by atoms with Gasteiger partial charge in [-0.15, -0.1) is 12.4 Å². The molecule has 3 heterocycles. The van der Waals surface area contributed by atoms with Crippen molar-refractivity contribution in [3.63, 3.8) is 0 Å².